The molecule has 2 heterocycles. The van der Waals surface area contributed by atoms with Gasteiger partial charge >= 0.3 is 5.97 Å². The van der Waals surface area contributed by atoms with E-state index in [9.17, 15) is 9.59 Å². The first kappa shape index (κ1) is 20.9. The Morgan fingerprint density at radius 3 is 2.61 bits per heavy atom. The topological polar surface area (TPSA) is 82.5 Å². The number of imidazole rings is 1. The zero-order valence-electron chi connectivity index (χ0n) is 18.0. The number of carbonyl (C=O) groups is 2. The summed E-state index contributed by atoms with van der Waals surface area (Å²) in [4.78, 5) is 30.3. The van der Waals surface area contributed by atoms with Gasteiger partial charge in [0.25, 0.3) is 0 Å². The Bertz CT molecular complexity index is 1090. The molecule has 1 amide bonds. The molecule has 0 unspecified atom stereocenters. The van der Waals surface area contributed by atoms with E-state index in [0.717, 1.165) is 28.8 Å². The van der Waals surface area contributed by atoms with Crippen molar-refractivity contribution in [1.29, 1.82) is 0 Å². The Labute approximate surface area is 181 Å². The van der Waals surface area contributed by atoms with Crippen LogP contribution >= 0.6 is 0 Å². The van der Waals surface area contributed by atoms with Crippen molar-refractivity contribution in [3.05, 3.63) is 54.1 Å². The number of carbonyl (C=O) groups excluding carboxylic acids is 2. The maximum absolute atomic E-state index is 12.9. The summed E-state index contributed by atoms with van der Waals surface area (Å²) >= 11 is 0. The molecule has 0 radical (unpaired) electrons. The summed E-state index contributed by atoms with van der Waals surface area (Å²) in [5.74, 6) is -0.229. The van der Waals surface area contributed by atoms with Crippen LogP contribution in [0.2, 0.25) is 0 Å². The van der Waals surface area contributed by atoms with Crippen LogP contribution in [0.15, 0.2) is 48.5 Å². The third kappa shape index (κ3) is 4.13. The van der Waals surface area contributed by atoms with Gasteiger partial charge in [0, 0.05) is 0 Å². The van der Waals surface area contributed by atoms with Crippen LogP contribution in [0.3, 0.4) is 0 Å². The minimum absolute atomic E-state index is 0.204. The highest BCUT2D eigenvalue weighted by Gasteiger charge is 2.44. The summed E-state index contributed by atoms with van der Waals surface area (Å²) in [6.45, 7) is 6.89. The molecule has 1 N–H and O–H groups in total. The maximum atomic E-state index is 12.9. The molecular weight excluding hydrogens is 394 g/mol. The standard InChI is InChI=1S/C24H27N3O4/c1-4-30-23(29)20-21(16-9-11-17(12-10-16)31-14-13-15(2)3)27-19-8-6-5-7-18(19)25-24(27)26-22(20)28/h5-12,15,20-21H,4,13-14H2,1-3H3,(H,25,26,28)/t20-,21+/m1/s1. The number of aromatic nitrogens is 2. The Hall–Kier alpha value is -3.35. The largest absolute Gasteiger partial charge is 0.494 e. The van der Waals surface area contributed by atoms with Gasteiger partial charge in [-0.1, -0.05) is 38.1 Å². The number of nitrogens with zero attached hydrogens (tertiary/aromatic N) is 2. The number of para-hydroxylation sites is 2. The zero-order chi connectivity index (χ0) is 22.0. The fourth-order valence-corrected chi connectivity index (χ4v) is 3.88. The van der Waals surface area contributed by atoms with Gasteiger partial charge in [0.2, 0.25) is 11.9 Å². The van der Waals surface area contributed by atoms with E-state index in [0.29, 0.717) is 18.5 Å². The third-order valence-corrected chi connectivity index (χ3v) is 5.43. The van der Waals surface area contributed by atoms with Crippen molar-refractivity contribution in [2.45, 2.75) is 33.2 Å². The highest BCUT2D eigenvalue weighted by Crippen LogP contribution is 2.39. The average molecular weight is 421 g/mol. The van der Waals surface area contributed by atoms with Crippen LogP contribution in [0.4, 0.5) is 5.95 Å². The van der Waals surface area contributed by atoms with Crippen LogP contribution in [0, 0.1) is 11.8 Å². The fraction of sp³-hybridized carbons (Fsp3) is 0.375. The first-order chi connectivity index (χ1) is 15.0. The molecule has 4 rings (SSSR count). The van der Waals surface area contributed by atoms with Gasteiger partial charge in [0.15, 0.2) is 5.92 Å². The molecule has 1 aliphatic rings. The van der Waals surface area contributed by atoms with Crippen LogP contribution < -0.4 is 10.1 Å². The molecule has 0 fully saturated rings. The van der Waals surface area contributed by atoms with Crippen LogP contribution in [0.25, 0.3) is 11.0 Å². The lowest BCUT2D eigenvalue weighted by Gasteiger charge is -2.32. The molecule has 1 aromatic heterocycles. The Morgan fingerprint density at radius 1 is 1.16 bits per heavy atom. The van der Waals surface area contributed by atoms with E-state index >= 15 is 0 Å². The van der Waals surface area contributed by atoms with E-state index in [1.807, 2.05) is 53.1 Å². The number of hydrogen-bond donors (Lipinski definition) is 1. The SMILES string of the molecule is CCOC(=O)[C@H]1C(=O)Nc2nc3ccccc3n2[C@H]1c1ccc(OCCC(C)C)cc1. The van der Waals surface area contributed by atoms with Crippen molar-refractivity contribution in [2.24, 2.45) is 11.8 Å². The van der Waals surface area contributed by atoms with Gasteiger partial charge in [-0.05, 0) is 49.1 Å². The maximum Gasteiger partial charge on any atom is 0.321 e. The second-order valence-electron chi connectivity index (χ2n) is 8.06. The monoisotopic (exact) mass is 421 g/mol. The summed E-state index contributed by atoms with van der Waals surface area (Å²) < 4.78 is 13.0. The molecule has 2 atom stereocenters. The second kappa shape index (κ2) is 8.79. The number of anilines is 1. The Balaban J connectivity index is 1.75. The number of ether oxygens (including phenoxy) is 2. The number of benzene rings is 2. The van der Waals surface area contributed by atoms with Gasteiger partial charge in [-0.25, -0.2) is 4.98 Å². The quantitative estimate of drug-likeness (QED) is 0.457. The minimum Gasteiger partial charge on any atom is -0.494 e. The molecule has 7 heteroatoms. The number of fused-ring (bicyclic) bond motifs is 3. The molecule has 162 valence electrons. The fourth-order valence-electron chi connectivity index (χ4n) is 3.88. The van der Waals surface area contributed by atoms with Gasteiger partial charge in [0.05, 0.1) is 30.3 Å². The average Bonchev–Trinajstić information content (AvgIpc) is 3.11. The van der Waals surface area contributed by atoms with Gasteiger partial charge < -0.3 is 14.0 Å². The minimum atomic E-state index is -1.02. The first-order valence-electron chi connectivity index (χ1n) is 10.7. The van der Waals surface area contributed by atoms with E-state index in [2.05, 4.69) is 24.1 Å². The van der Waals surface area contributed by atoms with Crippen LogP contribution in [0.1, 0.15) is 38.8 Å². The molecule has 31 heavy (non-hydrogen) atoms. The first-order valence-corrected chi connectivity index (χ1v) is 10.7. The van der Waals surface area contributed by atoms with Crippen LogP contribution in [0.5, 0.6) is 5.75 Å². The van der Waals surface area contributed by atoms with Crippen molar-refractivity contribution in [2.75, 3.05) is 18.5 Å². The summed E-state index contributed by atoms with van der Waals surface area (Å²) in [5, 5.41) is 2.78. The summed E-state index contributed by atoms with van der Waals surface area (Å²) in [6, 6.07) is 14.6. The molecule has 2 aromatic carbocycles. The molecule has 0 aliphatic carbocycles. The highest BCUT2D eigenvalue weighted by molar-refractivity contribution is 6.07. The van der Waals surface area contributed by atoms with Gasteiger partial charge in [-0.15, -0.1) is 0 Å². The predicted octanol–water partition coefficient (Wildman–Crippen LogP) is 4.18. The predicted molar refractivity (Wildman–Crippen MR) is 118 cm³/mol. The third-order valence-electron chi connectivity index (χ3n) is 5.43. The van der Waals surface area contributed by atoms with E-state index < -0.39 is 23.8 Å². The molecular formula is C24H27N3O4. The number of nitrogens with one attached hydrogen (secondary N) is 1. The van der Waals surface area contributed by atoms with Crippen molar-refractivity contribution in [3.8, 4) is 5.75 Å². The van der Waals surface area contributed by atoms with Crippen LogP contribution in [-0.2, 0) is 14.3 Å². The molecule has 3 aromatic rings. The highest BCUT2D eigenvalue weighted by atomic mass is 16.5. The van der Waals surface area contributed by atoms with Crippen molar-refractivity contribution in [1.82, 2.24) is 9.55 Å². The molecule has 1 aliphatic heterocycles. The number of amides is 1. The van der Waals surface area contributed by atoms with Crippen molar-refractivity contribution >= 4 is 28.9 Å². The zero-order valence-corrected chi connectivity index (χ0v) is 18.0. The lowest BCUT2D eigenvalue weighted by molar-refractivity contribution is -0.152. The molecule has 0 saturated carbocycles. The second-order valence-corrected chi connectivity index (χ2v) is 8.06. The van der Waals surface area contributed by atoms with Crippen LogP contribution in [-0.4, -0.2) is 34.6 Å². The van der Waals surface area contributed by atoms with E-state index in [4.69, 9.17) is 9.47 Å². The normalized spacial score (nSPS) is 18.0. The number of hydrogen-bond acceptors (Lipinski definition) is 5. The summed E-state index contributed by atoms with van der Waals surface area (Å²) in [7, 11) is 0. The van der Waals surface area contributed by atoms with Gasteiger partial charge in [-0.2, -0.15) is 0 Å². The van der Waals surface area contributed by atoms with Crippen molar-refractivity contribution in [3.63, 3.8) is 0 Å². The smallest absolute Gasteiger partial charge is 0.321 e. The molecule has 0 bridgehead atoms. The molecule has 0 saturated heterocycles. The lowest BCUT2D eigenvalue weighted by Crippen LogP contribution is -2.43. The lowest BCUT2D eigenvalue weighted by atomic mass is 9.90. The molecule has 7 nitrogen and oxygen atoms in total. The van der Waals surface area contributed by atoms with E-state index in [1.54, 1.807) is 6.92 Å². The van der Waals surface area contributed by atoms with Gasteiger partial charge in [-0.3, -0.25) is 14.9 Å². The number of esters is 1. The Morgan fingerprint density at radius 2 is 1.90 bits per heavy atom. The van der Waals surface area contributed by atoms with Crippen molar-refractivity contribution < 1.29 is 19.1 Å². The number of rotatable bonds is 7. The summed E-state index contributed by atoms with van der Waals surface area (Å²) in [5.41, 5.74) is 2.41. The summed E-state index contributed by atoms with van der Waals surface area (Å²) in [6.07, 6.45) is 0.972. The Kier molecular flexibility index (Phi) is 5.93. The van der Waals surface area contributed by atoms with Gasteiger partial charge in [0.1, 0.15) is 5.75 Å². The van der Waals surface area contributed by atoms with E-state index in [-0.39, 0.29) is 6.61 Å². The van der Waals surface area contributed by atoms with E-state index in [1.165, 1.54) is 0 Å². The molecule has 0 spiro atoms.